The summed E-state index contributed by atoms with van der Waals surface area (Å²) in [4.78, 5) is 0.208. The van der Waals surface area contributed by atoms with Gasteiger partial charge in [-0.2, -0.15) is 0 Å². The maximum Gasteiger partial charge on any atom is 0.261 e. The molecule has 1 atom stereocenters. The lowest BCUT2D eigenvalue weighted by atomic mass is 9.99. The lowest BCUT2D eigenvalue weighted by molar-refractivity contribution is 0.414. The minimum atomic E-state index is -3.58. The van der Waals surface area contributed by atoms with Gasteiger partial charge in [0, 0.05) is 5.69 Å². The van der Waals surface area contributed by atoms with Crippen molar-refractivity contribution in [2.45, 2.75) is 31.1 Å². The van der Waals surface area contributed by atoms with E-state index >= 15 is 0 Å². The summed E-state index contributed by atoms with van der Waals surface area (Å²) in [7, 11) is -2.04. The minimum Gasteiger partial charge on any atom is -0.497 e. The molecule has 2 aromatic carbocycles. The van der Waals surface area contributed by atoms with E-state index < -0.39 is 10.0 Å². The molecule has 4 nitrogen and oxygen atoms in total. The average molecular weight is 319 g/mol. The van der Waals surface area contributed by atoms with Crippen molar-refractivity contribution in [2.75, 3.05) is 11.8 Å². The summed E-state index contributed by atoms with van der Waals surface area (Å²) < 4.78 is 32.3. The van der Waals surface area contributed by atoms with Gasteiger partial charge in [0.05, 0.1) is 12.0 Å². The largest absolute Gasteiger partial charge is 0.497 e. The first-order chi connectivity index (χ1) is 10.5. The maximum absolute atomic E-state index is 12.3. The molecule has 0 bridgehead atoms. The quantitative estimate of drug-likeness (QED) is 0.875. The Morgan fingerprint density at radius 3 is 2.14 bits per heavy atom. The van der Waals surface area contributed by atoms with Gasteiger partial charge in [-0.25, -0.2) is 8.42 Å². The Hall–Kier alpha value is -2.01. The van der Waals surface area contributed by atoms with Crippen LogP contribution in [0, 0.1) is 0 Å². The van der Waals surface area contributed by atoms with Crippen LogP contribution in [0.4, 0.5) is 5.69 Å². The van der Waals surface area contributed by atoms with E-state index in [2.05, 4.69) is 18.6 Å². The maximum atomic E-state index is 12.3. The first-order valence-corrected chi connectivity index (χ1v) is 8.71. The Kier molecular flexibility index (Phi) is 5.08. The number of hydrogen-bond donors (Lipinski definition) is 1. The molecule has 0 radical (unpaired) electrons. The molecule has 0 heterocycles. The van der Waals surface area contributed by atoms with E-state index in [1.807, 2.05) is 12.1 Å². The number of nitrogens with one attached hydrogen (secondary N) is 1. The summed E-state index contributed by atoms with van der Waals surface area (Å²) in [5, 5.41) is 0. The van der Waals surface area contributed by atoms with Gasteiger partial charge in [-0.3, -0.25) is 4.72 Å². The van der Waals surface area contributed by atoms with Crippen LogP contribution in [0.5, 0.6) is 5.75 Å². The second-order valence-electron chi connectivity index (χ2n) is 5.21. The number of rotatable bonds is 6. The second-order valence-corrected chi connectivity index (χ2v) is 6.89. The van der Waals surface area contributed by atoms with Crippen LogP contribution >= 0.6 is 0 Å². The van der Waals surface area contributed by atoms with Gasteiger partial charge in [-0.15, -0.1) is 0 Å². The van der Waals surface area contributed by atoms with Crippen LogP contribution in [0.1, 0.15) is 31.7 Å². The van der Waals surface area contributed by atoms with Gasteiger partial charge in [-0.1, -0.05) is 26.0 Å². The molecule has 0 saturated heterocycles. The van der Waals surface area contributed by atoms with Gasteiger partial charge < -0.3 is 4.74 Å². The topological polar surface area (TPSA) is 55.4 Å². The zero-order valence-corrected chi connectivity index (χ0v) is 13.9. The SMILES string of the molecule is CCC(C)c1ccc(NS(=O)(=O)c2ccc(OC)cc2)cc1. The van der Waals surface area contributed by atoms with Gasteiger partial charge in [0.15, 0.2) is 0 Å². The molecule has 1 unspecified atom stereocenters. The molecular formula is C17H21NO3S. The zero-order chi connectivity index (χ0) is 16.2. The molecule has 1 N–H and O–H groups in total. The Morgan fingerprint density at radius 1 is 1.05 bits per heavy atom. The van der Waals surface area contributed by atoms with E-state index in [9.17, 15) is 8.42 Å². The van der Waals surface area contributed by atoms with Crippen molar-refractivity contribution in [3.8, 4) is 5.75 Å². The molecule has 0 aromatic heterocycles. The molecule has 0 fully saturated rings. The highest BCUT2D eigenvalue weighted by Gasteiger charge is 2.14. The summed E-state index contributed by atoms with van der Waals surface area (Å²) in [5.41, 5.74) is 1.76. The highest BCUT2D eigenvalue weighted by atomic mass is 32.2. The Bertz CT molecular complexity index is 707. The predicted octanol–water partition coefficient (Wildman–Crippen LogP) is 4.01. The normalized spacial score (nSPS) is 12.7. The average Bonchev–Trinajstić information content (AvgIpc) is 2.54. The van der Waals surface area contributed by atoms with Gasteiger partial charge in [0.2, 0.25) is 0 Å². The van der Waals surface area contributed by atoms with Gasteiger partial charge in [0.1, 0.15) is 5.75 Å². The predicted molar refractivity (Wildman–Crippen MR) is 89.0 cm³/mol. The molecule has 0 amide bonds. The van der Waals surface area contributed by atoms with Crippen LogP contribution < -0.4 is 9.46 Å². The van der Waals surface area contributed by atoms with Crippen LogP contribution in [0.2, 0.25) is 0 Å². The van der Waals surface area contributed by atoms with Crippen molar-refractivity contribution in [1.82, 2.24) is 0 Å². The van der Waals surface area contributed by atoms with E-state index in [-0.39, 0.29) is 4.90 Å². The van der Waals surface area contributed by atoms with Crippen LogP contribution in [-0.2, 0) is 10.0 Å². The number of ether oxygens (including phenoxy) is 1. The van der Waals surface area contributed by atoms with E-state index in [4.69, 9.17) is 4.74 Å². The molecule has 0 spiro atoms. The summed E-state index contributed by atoms with van der Waals surface area (Å²) in [5.74, 6) is 1.09. The second kappa shape index (κ2) is 6.83. The number of sulfonamides is 1. The fraction of sp³-hybridized carbons (Fsp3) is 0.294. The first kappa shape index (κ1) is 16.4. The van der Waals surface area contributed by atoms with E-state index in [0.29, 0.717) is 17.4 Å². The molecule has 0 aliphatic rings. The summed E-state index contributed by atoms with van der Waals surface area (Å²) in [6, 6.07) is 13.8. The van der Waals surface area contributed by atoms with Crippen LogP contribution in [-0.4, -0.2) is 15.5 Å². The van der Waals surface area contributed by atoms with Crippen LogP contribution in [0.3, 0.4) is 0 Å². The highest BCUT2D eigenvalue weighted by Crippen LogP contribution is 2.23. The third-order valence-corrected chi connectivity index (χ3v) is 5.11. The third kappa shape index (κ3) is 3.80. The van der Waals surface area contributed by atoms with Gasteiger partial charge in [-0.05, 0) is 54.3 Å². The Labute approximate surface area is 132 Å². The van der Waals surface area contributed by atoms with Crippen molar-refractivity contribution in [2.24, 2.45) is 0 Å². The smallest absolute Gasteiger partial charge is 0.261 e. The van der Waals surface area contributed by atoms with Crippen molar-refractivity contribution in [1.29, 1.82) is 0 Å². The molecule has 22 heavy (non-hydrogen) atoms. The van der Waals surface area contributed by atoms with Gasteiger partial charge >= 0.3 is 0 Å². The minimum absolute atomic E-state index is 0.208. The lowest BCUT2D eigenvalue weighted by Crippen LogP contribution is -2.12. The molecule has 5 heteroatoms. The highest BCUT2D eigenvalue weighted by molar-refractivity contribution is 7.92. The standard InChI is InChI=1S/C17H21NO3S/c1-4-13(2)14-5-7-15(8-6-14)18-22(19,20)17-11-9-16(21-3)10-12-17/h5-13,18H,4H2,1-3H3. The summed E-state index contributed by atoms with van der Waals surface area (Å²) >= 11 is 0. The molecule has 118 valence electrons. The molecule has 0 saturated carbocycles. The first-order valence-electron chi connectivity index (χ1n) is 7.23. The van der Waals surface area contributed by atoms with Gasteiger partial charge in [0.25, 0.3) is 10.0 Å². The molecule has 0 aliphatic carbocycles. The number of benzene rings is 2. The van der Waals surface area contributed by atoms with E-state index in [1.165, 1.54) is 17.7 Å². The van der Waals surface area contributed by atoms with Crippen molar-refractivity contribution < 1.29 is 13.2 Å². The number of hydrogen-bond acceptors (Lipinski definition) is 3. The molecule has 2 aromatic rings. The fourth-order valence-electron chi connectivity index (χ4n) is 2.08. The Morgan fingerprint density at radius 2 is 1.64 bits per heavy atom. The summed E-state index contributed by atoms with van der Waals surface area (Å²) in [6.45, 7) is 4.28. The summed E-state index contributed by atoms with van der Waals surface area (Å²) in [6.07, 6.45) is 1.05. The number of anilines is 1. The molecule has 0 aliphatic heterocycles. The van der Waals surface area contributed by atoms with Crippen molar-refractivity contribution in [3.05, 3.63) is 54.1 Å². The number of methoxy groups -OCH3 is 1. The van der Waals surface area contributed by atoms with Crippen LogP contribution in [0.15, 0.2) is 53.4 Å². The van der Waals surface area contributed by atoms with E-state index in [1.54, 1.807) is 31.4 Å². The molecular weight excluding hydrogens is 298 g/mol. The monoisotopic (exact) mass is 319 g/mol. The lowest BCUT2D eigenvalue weighted by Gasteiger charge is -2.12. The fourth-order valence-corrected chi connectivity index (χ4v) is 3.14. The Balaban J connectivity index is 2.17. The zero-order valence-electron chi connectivity index (χ0n) is 13.0. The third-order valence-electron chi connectivity index (χ3n) is 3.71. The van der Waals surface area contributed by atoms with Crippen LogP contribution in [0.25, 0.3) is 0 Å². The molecule has 2 rings (SSSR count). The van der Waals surface area contributed by atoms with E-state index in [0.717, 1.165) is 6.42 Å². The van der Waals surface area contributed by atoms with Crippen molar-refractivity contribution >= 4 is 15.7 Å². The van der Waals surface area contributed by atoms with Crippen molar-refractivity contribution in [3.63, 3.8) is 0 Å².